The number of piperidine rings is 1. The van der Waals surface area contributed by atoms with Gasteiger partial charge < -0.3 is 16.0 Å². The minimum absolute atomic E-state index is 0.0100. The molecule has 0 unspecified atom stereocenters. The molecular weight excluding hydrogens is 458 g/mol. The van der Waals surface area contributed by atoms with Crippen LogP contribution in [0.4, 0.5) is 5.82 Å². The van der Waals surface area contributed by atoms with E-state index in [-0.39, 0.29) is 41.2 Å². The number of primary amides is 1. The van der Waals surface area contributed by atoms with Crippen molar-refractivity contribution in [2.24, 2.45) is 11.7 Å². The van der Waals surface area contributed by atoms with E-state index in [1.165, 1.54) is 10.7 Å². The van der Waals surface area contributed by atoms with E-state index < -0.39 is 11.9 Å². The van der Waals surface area contributed by atoms with Crippen molar-refractivity contribution in [2.75, 3.05) is 5.32 Å². The number of hydrogen-bond donors (Lipinski definition) is 2. The molecule has 3 heterocycles. The zero-order valence-corrected chi connectivity index (χ0v) is 18.7. The highest BCUT2D eigenvalue weighted by molar-refractivity contribution is 6.29. The Morgan fingerprint density at radius 3 is 2.79 bits per heavy atom. The van der Waals surface area contributed by atoms with E-state index in [0.717, 1.165) is 19.3 Å². The second kappa shape index (κ2) is 8.43. The van der Waals surface area contributed by atoms with Gasteiger partial charge in [0.2, 0.25) is 11.8 Å². The molecule has 2 fully saturated rings. The van der Waals surface area contributed by atoms with Gasteiger partial charge in [0.15, 0.2) is 5.69 Å². The zero-order chi connectivity index (χ0) is 24.0. The molecule has 2 aromatic heterocycles. The number of fused-ring (bicyclic) bond motifs is 3. The van der Waals surface area contributed by atoms with E-state index in [4.69, 9.17) is 17.3 Å². The third-order valence-electron chi connectivity index (χ3n) is 6.51. The van der Waals surface area contributed by atoms with Gasteiger partial charge in [-0.25, -0.2) is 4.98 Å². The molecular formula is C23H20ClN7O3. The summed E-state index contributed by atoms with van der Waals surface area (Å²) in [5.41, 5.74) is 6.32. The van der Waals surface area contributed by atoms with E-state index in [2.05, 4.69) is 15.4 Å². The van der Waals surface area contributed by atoms with Gasteiger partial charge in [0.1, 0.15) is 23.6 Å². The average molecular weight is 478 g/mol. The van der Waals surface area contributed by atoms with Gasteiger partial charge >= 0.3 is 0 Å². The Balaban J connectivity index is 1.42. The summed E-state index contributed by atoms with van der Waals surface area (Å²) in [6.45, 7) is -0.169. The first-order chi connectivity index (χ1) is 16.4. The molecule has 2 aliphatic rings. The first-order valence-corrected chi connectivity index (χ1v) is 11.2. The highest BCUT2D eigenvalue weighted by Crippen LogP contribution is 2.43. The van der Waals surface area contributed by atoms with E-state index >= 15 is 0 Å². The molecule has 2 bridgehead atoms. The molecule has 3 amide bonds. The summed E-state index contributed by atoms with van der Waals surface area (Å²) in [5.74, 6) is -0.960. The summed E-state index contributed by atoms with van der Waals surface area (Å²) >= 11 is 5.92. The predicted molar refractivity (Wildman–Crippen MR) is 123 cm³/mol. The van der Waals surface area contributed by atoms with Crippen molar-refractivity contribution in [3.05, 3.63) is 52.8 Å². The number of rotatable bonds is 5. The van der Waals surface area contributed by atoms with Crippen molar-refractivity contribution in [1.29, 1.82) is 5.26 Å². The van der Waals surface area contributed by atoms with Gasteiger partial charge in [-0.15, -0.1) is 0 Å². The lowest BCUT2D eigenvalue weighted by Gasteiger charge is -2.34. The molecule has 172 valence electrons. The Morgan fingerprint density at radius 1 is 1.24 bits per heavy atom. The average Bonchev–Trinajstić information content (AvgIpc) is 3.52. The number of amides is 3. The maximum Gasteiger partial charge on any atom is 0.269 e. The Labute approximate surface area is 199 Å². The van der Waals surface area contributed by atoms with Crippen molar-refractivity contribution < 1.29 is 14.4 Å². The molecule has 11 heteroatoms. The van der Waals surface area contributed by atoms with Crippen molar-refractivity contribution in [3.63, 3.8) is 0 Å². The molecule has 3 atom stereocenters. The third kappa shape index (κ3) is 3.74. The number of halogens is 1. The van der Waals surface area contributed by atoms with E-state index in [1.807, 2.05) is 6.07 Å². The van der Waals surface area contributed by atoms with Crippen LogP contribution in [0.5, 0.6) is 0 Å². The summed E-state index contributed by atoms with van der Waals surface area (Å²) in [6.07, 6.45) is 2.45. The first kappa shape index (κ1) is 21.9. The molecule has 10 nitrogen and oxygen atoms in total. The number of nitriles is 1. The van der Waals surface area contributed by atoms with Crippen LogP contribution in [-0.2, 0) is 16.1 Å². The molecule has 1 aliphatic carbocycles. The monoisotopic (exact) mass is 477 g/mol. The van der Waals surface area contributed by atoms with Crippen LogP contribution in [0.1, 0.15) is 35.3 Å². The van der Waals surface area contributed by atoms with Crippen LogP contribution in [0.25, 0.3) is 10.9 Å². The van der Waals surface area contributed by atoms with E-state index in [0.29, 0.717) is 22.3 Å². The molecule has 0 spiro atoms. The van der Waals surface area contributed by atoms with Crippen LogP contribution in [0, 0.1) is 17.2 Å². The van der Waals surface area contributed by atoms with Crippen LogP contribution in [0.3, 0.4) is 0 Å². The fourth-order valence-corrected chi connectivity index (χ4v) is 5.29. The number of carbonyl (C=O) groups is 3. The molecule has 3 aromatic rings. The van der Waals surface area contributed by atoms with Gasteiger partial charge in [0, 0.05) is 11.4 Å². The smallest absolute Gasteiger partial charge is 0.269 e. The highest BCUT2D eigenvalue weighted by atomic mass is 35.5. The lowest BCUT2D eigenvalue weighted by atomic mass is 9.97. The number of pyridine rings is 1. The van der Waals surface area contributed by atoms with Gasteiger partial charge in [-0.3, -0.25) is 19.1 Å². The topological polar surface area (TPSA) is 147 Å². The summed E-state index contributed by atoms with van der Waals surface area (Å²) in [7, 11) is 0. The Morgan fingerprint density at radius 2 is 2.06 bits per heavy atom. The number of aromatic nitrogens is 3. The Bertz CT molecular complexity index is 1380. The number of hydrogen-bond acceptors (Lipinski definition) is 6. The molecule has 1 saturated heterocycles. The van der Waals surface area contributed by atoms with Crippen molar-refractivity contribution in [2.45, 2.75) is 37.9 Å². The maximum absolute atomic E-state index is 13.5. The SMILES string of the molecule is N#Cc1ccc2c(c1)c(C(N)=O)nn2CC(=O)N1[C@@H]2CC[C@@H](C2)[C@H]1C(=O)Nc1cccc(Cl)n1. The van der Waals surface area contributed by atoms with Gasteiger partial charge in [0.25, 0.3) is 5.91 Å². The normalized spacial score (nSPS) is 20.9. The lowest BCUT2D eigenvalue weighted by molar-refractivity contribution is -0.141. The number of carbonyl (C=O) groups excluding carboxylic acids is 3. The molecule has 1 aromatic carbocycles. The number of benzene rings is 1. The fraction of sp³-hybridized carbons (Fsp3) is 0.304. The summed E-state index contributed by atoms with van der Waals surface area (Å²) in [4.78, 5) is 44.3. The summed E-state index contributed by atoms with van der Waals surface area (Å²) < 4.78 is 1.40. The second-order valence-electron chi connectivity index (χ2n) is 8.52. The molecule has 1 saturated carbocycles. The minimum Gasteiger partial charge on any atom is -0.364 e. The standard InChI is InChI=1S/C23H20ClN7O3/c24-17-2-1-3-18(27-17)28-23(34)21-13-5-6-14(9-13)31(21)19(32)11-30-16-7-4-12(10-25)8-15(16)20(29-30)22(26)33/h1-4,7-8,13-14,21H,5-6,9,11H2,(H2,26,33)(H,27,28,34)/t13-,14+,21-/m0/s1. The summed E-state index contributed by atoms with van der Waals surface area (Å²) in [6, 6.07) is 11.0. The van der Waals surface area contributed by atoms with Crippen LogP contribution in [0.15, 0.2) is 36.4 Å². The first-order valence-electron chi connectivity index (χ1n) is 10.8. The molecule has 0 radical (unpaired) electrons. The van der Waals surface area contributed by atoms with E-state index in [9.17, 15) is 19.6 Å². The fourth-order valence-electron chi connectivity index (χ4n) is 5.12. The van der Waals surface area contributed by atoms with Crippen molar-refractivity contribution >= 4 is 46.0 Å². The lowest BCUT2D eigenvalue weighted by Crippen LogP contribution is -2.52. The maximum atomic E-state index is 13.5. The molecule has 3 N–H and O–H groups in total. The Kier molecular flexibility index (Phi) is 5.42. The number of anilines is 1. The number of nitrogens with one attached hydrogen (secondary N) is 1. The molecule has 34 heavy (non-hydrogen) atoms. The quantitative estimate of drug-likeness (QED) is 0.537. The van der Waals surface area contributed by atoms with Gasteiger partial charge in [0.05, 0.1) is 17.1 Å². The predicted octanol–water partition coefficient (Wildman–Crippen LogP) is 2.07. The zero-order valence-electron chi connectivity index (χ0n) is 17.9. The van der Waals surface area contributed by atoms with Crippen LogP contribution in [-0.4, -0.2) is 49.5 Å². The highest BCUT2D eigenvalue weighted by Gasteiger charge is 2.51. The number of likely N-dealkylation sites (tertiary alicyclic amines) is 1. The van der Waals surface area contributed by atoms with Crippen LogP contribution in [0.2, 0.25) is 5.15 Å². The minimum atomic E-state index is -0.752. The number of nitrogens with two attached hydrogens (primary N) is 1. The van der Waals surface area contributed by atoms with Gasteiger partial charge in [-0.2, -0.15) is 10.4 Å². The third-order valence-corrected chi connectivity index (χ3v) is 6.72. The largest absolute Gasteiger partial charge is 0.364 e. The molecule has 1 aliphatic heterocycles. The van der Waals surface area contributed by atoms with Gasteiger partial charge in [-0.1, -0.05) is 17.7 Å². The molecule has 5 rings (SSSR count). The van der Waals surface area contributed by atoms with E-state index in [1.54, 1.807) is 35.2 Å². The van der Waals surface area contributed by atoms with Crippen LogP contribution < -0.4 is 11.1 Å². The van der Waals surface area contributed by atoms with Crippen LogP contribution >= 0.6 is 11.6 Å². The van der Waals surface area contributed by atoms with Crippen molar-refractivity contribution in [1.82, 2.24) is 19.7 Å². The second-order valence-corrected chi connectivity index (χ2v) is 8.91. The van der Waals surface area contributed by atoms with Gasteiger partial charge in [-0.05, 0) is 55.5 Å². The Hall–Kier alpha value is -3.97. The summed E-state index contributed by atoms with van der Waals surface area (Å²) in [5, 5.41) is 16.9. The van der Waals surface area contributed by atoms with Crippen molar-refractivity contribution in [3.8, 4) is 6.07 Å². The number of nitrogens with zero attached hydrogens (tertiary/aromatic N) is 5.